The number of alkyl halides is 2. The van der Waals surface area contributed by atoms with Crippen LogP contribution in [0, 0.1) is 5.82 Å². The molecule has 35 heavy (non-hydrogen) atoms. The van der Waals surface area contributed by atoms with Crippen LogP contribution in [0.3, 0.4) is 0 Å². The fourth-order valence-corrected chi connectivity index (χ4v) is 4.11. The van der Waals surface area contributed by atoms with Crippen molar-refractivity contribution in [1.82, 2.24) is 20.1 Å². The maximum atomic E-state index is 14.3. The lowest BCUT2D eigenvalue weighted by molar-refractivity contribution is 0.135. The summed E-state index contributed by atoms with van der Waals surface area (Å²) in [4.78, 5) is 4.27. The Morgan fingerprint density at radius 1 is 1.29 bits per heavy atom. The molecule has 0 saturated heterocycles. The molecule has 1 aliphatic rings. The lowest BCUT2D eigenvalue weighted by Gasteiger charge is -2.25. The van der Waals surface area contributed by atoms with Crippen LogP contribution in [0.2, 0.25) is 0 Å². The summed E-state index contributed by atoms with van der Waals surface area (Å²) in [6.45, 7) is 4.16. The zero-order valence-electron chi connectivity index (χ0n) is 19.6. The van der Waals surface area contributed by atoms with Gasteiger partial charge in [-0.3, -0.25) is 0 Å². The lowest BCUT2D eigenvalue weighted by Crippen LogP contribution is -2.30. The van der Waals surface area contributed by atoms with Gasteiger partial charge in [0, 0.05) is 54.4 Å². The van der Waals surface area contributed by atoms with E-state index in [1.165, 1.54) is 36.1 Å². The summed E-state index contributed by atoms with van der Waals surface area (Å²) < 4.78 is 54.6. The number of nitrogen functional groups attached to an aromatic ring is 1. The van der Waals surface area contributed by atoms with Crippen LogP contribution in [0.15, 0.2) is 42.1 Å². The first-order valence-electron chi connectivity index (χ1n) is 11.1. The highest BCUT2D eigenvalue weighted by Crippen LogP contribution is 2.35. The molecule has 2 atom stereocenters. The normalized spacial score (nSPS) is 18.7. The van der Waals surface area contributed by atoms with Crippen molar-refractivity contribution in [2.24, 2.45) is 5.73 Å². The molecule has 0 amide bonds. The van der Waals surface area contributed by atoms with E-state index in [1.807, 2.05) is 6.92 Å². The van der Waals surface area contributed by atoms with Crippen molar-refractivity contribution in [2.45, 2.75) is 39.0 Å². The van der Waals surface area contributed by atoms with Crippen LogP contribution in [0.5, 0.6) is 5.75 Å². The number of hydrogen-bond donors (Lipinski definition) is 3. The maximum absolute atomic E-state index is 14.3. The summed E-state index contributed by atoms with van der Waals surface area (Å²) in [5.41, 5.74) is 15.0. The molecule has 1 aliphatic heterocycles. The molecule has 0 spiro atoms. The first-order chi connectivity index (χ1) is 16.7. The number of pyridine rings is 1. The Morgan fingerprint density at radius 2 is 2.06 bits per heavy atom. The first-order valence-corrected chi connectivity index (χ1v) is 11.1. The predicted octanol–water partition coefficient (Wildman–Crippen LogP) is 3.87. The number of hydrogen-bond acceptors (Lipinski definition) is 7. The van der Waals surface area contributed by atoms with Gasteiger partial charge in [-0.25, -0.2) is 22.8 Å². The van der Waals surface area contributed by atoms with Crippen LogP contribution in [-0.4, -0.2) is 34.6 Å². The number of rotatable bonds is 5. The highest BCUT2D eigenvalue weighted by molar-refractivity contribution is 5.70. The SMILES string of the molecule is CCN/C1=C(\C(N)OC)Cc2cc(C(F)F)nn2-c2ccc(F)cc2C(C)Oc2cc1cnc2N. The van der Waals surface area contributed by atoms with E-state index in [4.69, 9.17) is 20.9 Å². The summed E-state index contributed by atoms with van der Waals surface area (Å²) >= 11 is 0. The Morgan fingerprint density at radius 3 is 2.74 bits per heavy atom. The van der Waals surface area contributed by atoms with Gasteiger partial charge in [0.2, 0.25) is 0 Å². The Bertz CT molecular complexity index is 1260. The minimum Gasteiger partial charge on any atom is -0.482 e. The van der Waals surface area contributed by atoms with E-state index in [9.17, 15) is 13.2 Å². The Labute approximate surface area is 200 Å². The molecule has 0 aliphatic carbocycles. The van der Waals surface area contributed by atoms with Crippen molar-refractivity contribution in [2.75, 3.05) is 19.4 Å². The molecule has 2 unspecified atom stereocenters. The van der Waals surface area contributed by atoms with Crippen molar-refractivity contribution < 1.29 is 22.6 Å². The molecule has 1 aromatic carbocycles. The van der Waals surface area contributed by atoms with Crippen LogP contribution in [0.25, 0.3) is 11.4 Å². The van der Waals surface area contributed by atoms with Gasteiger partial charge in [-0.05, 0) is 44.2 Å². The summed E-state index contributed by atoms with van der Waals surface area (Å²) in [7, 11) is 1.45. The van der Waals surface area contributed by atoms with Gasteiger partial charge in [0.05, 0.1) is 5.69 Å². The molecule has 8 nitrogen and oxygen atoms in total. The van der Waals surface area contributed by atoms with Crippen molar-refractivity contribution >= 4 is 11.5 Å². The molecule has 11 heteroatoms. The second kappa shape index (κ2) is 9.96. The number of methoxy groups -OCH3 is 1. The number of benzene rings is 1. The first kappa shape index (κ1) is 24.6. The Balaban J connectivity index is 2.06. The number of nitrogens with two attached hydrogens (primary N) is 2. The van der Waals surface area contributed by atoms with Crippen molar-refractivity contribution in [3.05, 3.63) is 70.4 Å². The summed E-state index contributed by atoms with van der Waals surface area (Å²) in [6, 6.07) is 7.03. The largest absolute Gasteiger partial charge is 0.482 e. The van der Waals surface area contributed by atoms with E-state index in [2.05, 4.69) is 15.4 Å². The number of halogens is 3. The van der Waals surface area contributed by atoms with Crippen LogP contribution < -0.4 is 21.5 Å². The second-order valence-corrected chi connectivity index (χ2v) is 8.11. The van der Waals surface area contributed by atoms with Gasteiger partial charge >= 0.3 is 0 Å². The van der Waals surface area contributed by atoms with Gasteiger partial charge in [-0.15, -0.1) is 0 Å². The highest BCUT2D eigenvalue weighted by Gasteiger charge is 2.26. The average molecular weight is 489 g/mol. The quantitative estimate of drug-likeness (QED) is 0.467. The fraction of sp³-hybridized carbons (Fsp3) is 0.333. The molecule has 4 rings (SSSR count). The molecule has 0 fully saturated rings. The topological polar surface area (TPSA) is 113 Å². The molecule has 0 radical (unpaired) electrons. The number of anilines is 1. The van der Waals surface area contributed by atoms with E-state index in [1.54, 1.807) is 19.2 Å². The highest BCUT2D eigenvalue weighted by atomic mass is 19.3. The predicted molar refractivity (Wildman–Crippen MR) is 125 cm³/mol. The van der Waals surface area contributed by atoms with E-state index in [0.717, 1.165) is 0 Å². The van der Waals surface area contributed by atoms with Gasteiger partial charge in [0.25, 0.3) is 6.43 Å². The molecule has 5 N–H and O–H groups in total. The Kier molecular flexibility index (Phi) is 6.99. The molecular formula is C24H27F3N6O2. The van der Waals surface area contributed by atoms with Crippen molar-refractivity contribution in [1.29, 1.82) is 0 Å². The smallest absolute Gasteiger partial charge is 0.282 e. The van der Waals surface area contributed by atoms with Gasteiger partial charge in [0.15, 0.2) is 11.6 Å². The van der Waals surface area contributed by atoms with Crippen molar-refractivity contribution in [3.8, 4) is 11.4 Å². The van der Waals surface area contributed by atoms with Crippen LogP contribution in [-0.2, 0) is 11.2 Å². The monoisotopic (exact) mass is 488 g/mol. The molecule has 2 bridgehead atoms. The molecule has 0 saturated carbocycles. The van der Waals surface area contributed by atoms with E-state index < -0.39 is 30.3 Å². The van der Waals surface area contributed by atoms with E-state index in [0.29, 0.717) is 40.3 Å². The zero-order chi connectivity index (χ0) is 25.3. The lowest BCUT2D eigenvalue weighted by atomic mass is 10.00. The van der Waals surface area contributed by atoms with Crippen molar-refractivity contribution in [3.63, 3.8) is 0 Å². The number of ether oxygens (including phenoxy) is 2. The van der Waals surface area contributed by atoms with E-state index >= 15 is 0 Å². The number of nitrogens with zero attached hydrogens (tertiary/aromatic N) is 3. The van der Waals surface area contributed by atoms with Gasteiger partial charge in [0.1, 0.15) is 23.8 Å². The summed E-state index contributed by atoms with van der Waals surface area (Å²) in [5.74, 6) is -0.0883. The fourth-order valence-electron chi connectivity index (χ4n) is 4.11. The third-order valence-corrected chi connectivity index (χ3v) is 5.80. The number of aromatic nitrogens is 3. The van der Waals surface area contributed by atoms with E-state index in [-0.39, 0.29) is 18.0 Å². The number of nitrogens with one attached hydrogen (secondary N) is 1. The standard InChI is InChI=1S/C24H27F3N6O2/c1-4-30-21-13-7-20(23(28)31-11-13)35-12(2)16-8-14(25)5-6-19(16)33-15(9-17(21)24(29)34-3)10-18(32-33)22(26)27/h5-8,10-12,22,24,30H,4,9,29H2,1-3H3,(H2,28,31)/b21-17-. The maximum Gasteiger partial charge on any atom is 0.282 e. The second-order valence-electron chi connectivity index (χ2n) is 8.11. The minimum atomic E-state index is -2.81. The summed E-state index contributed by atoms with van der Waals surface area (Å²) in [6.07, 6.45) is -2.71. The average Bonchev–Trinajstić information content (AvgIpc) is 3.25. The Hall–Kier alpha value is -3.57. The molecule has 186 valence electrons. The molecule has 2 aromatic heterocycles. The van der Waals surface area contributed by atoms with Crippen LogP contribution >= 0.6 is 0 Å². The molecule has 3 heterocycles. The van der Waals surface area contributed by atoms with Crippen LogP contribution in [0.1, 0.15) is 48.9 Å². The van der Waals surface area contributed by atoms with Gasteiger partial charge in [-0.2, -0.15) is 5.10 Å². The molecular weight excluding hydrogens is 461 g/mol. The van der Waals surface area contributed by atoms with Gasteiger partial charge < -0.3 is 26.3 Å². The summed E-state index contributed by atoms with van der Waals surface area (Å²) in [5, 5.41) is 7.43. The van der Waals surface area contributed by atoms with Crippen LogP contribution in [0.4, 0.5) is 19.0 Å². The zero-order valence-corrected chi connectivity index (χ0v) is 19.6. The third-order valence-electron chi connectivity index (χ3n) is 5.80. The third kappa shape index (κ3) is 4.82. The minimum absolute atomic E-state index is 0.114. The van der Waals surface area contributed by atoms with Gasteiger partial charge in [-0.1, -0.05) is 0 Å². The number of fused-ring (bicyclic) bond motifs is 5. The molecule has 3 aromatic rings.